The highest BCUT2D eigenvalue weighted by molar-refractivity contribution is 7.99. The highest BCUT2D eigenvalue weighted by Crippen LogP contribution is 2.25. The van der Waals surface area contributed by atoms with Crippen molar-refractivity contribution in [1.29, 1.82) is 0 Å². The molecule has 3 nitrogen and oxygen atoms in total. The maximum absolute atomic E-state index is 13.0. The van der Waals surface area contributed by atoms with E-state index in [1.54, 1.807) is 11.8 Å². The minimum Gasteiger partial charge on any atom is -0.307 e. The standard InChI is InChI=1S/C10H15FN2OS/c1-6-8(11)9(14)13-7(12-6)5-15-10(2,3)4/h5H2,1-4H3,(H,12,13,14). The number of aromatic nitrogens is 2. The number of aromatic amines is 1. The highest BCUT2D eigenvalue weighted by Gasteiger charge is 2.13. The molecule has 0 atom stereocenters. The smallest absolute Gasteiger partial charge is 0.287 e. The van der Waals surface area contributed by atoms with Gasteiger partial charge in [-0.25, -0.2) is 4.98 Å². The van der Waals surface area contributed by atoms with Crippen LogP contribution < -0.4 is 5.56 Å². The molecule has 1 aromatic heterocycles. The first-order chi connectivity index (χ1) is 6.79. The van der Waals surface area contributed by atoms with Crippen LogP contribution in [0.15, 0.2) is 4.79 Å². The van der Waals surface area contributed by atoms with E-state index in [0.29, 0.717) is 11.6 Å². The summed E-state index contributed by atoms with van der Waals surface area (Å²) < 4.78 is 13.1. The van der Waals surface area contributed by atoms with Gasteiger partial charge in [0.1, 0.15) is 5.82 Å². The number of aryl methyl sites for hydroxylation is 1. The second kappa shape index (κ2) is 4.35. The Morgan fingerprint density at radius 3 is 2.53 bits per heavy atom. The number of hydrogen-bond donors (Lipinski definition) is 1. The fourth-order valence-corrected chi connectivity index (χ4v) is 1.69. The third kappa shape index (κ3) is 3.66. The summed E-state index contributed by atoms with van der Waals surface area (Å²) in [5, 5.41) is 0. The van der Waals surface area contributed by atoms with Crippen LogP contribution in [-0.4, -0.2) is 14.7 Å². The number of halogens is 1. The summed E-state index contributed by atoms with van der Waals surface area (Å²) in [5.74, 6) is 0.318. The molecular formula is C10H15FN2OS. The lowest BCUT2D eigenvalue weighted by Crippen LogP contribution is -2.18. The summed E-state index contributed by atoms with van der Waals surface area (Å²) >= 11 is 1.65. The predicted molar refractivity (Wildman–Crippen MR) is 60.6 cm³/mol. The maximum atomic E-state index is 13.0. The van der Waals surface area contributed by atoms with Crippen molar-refractivity contribution in [2.75, 3.05) is 0 Å². The Balaban J connectivity index is 2.84. The second-order valence-electron chi connectivity index (χ2n) is 4.31. The molecule has 0 saturated heterocycles. The highest BCUT2D eigenvalue weighted by atomic mass is 32.2. The quantitative estimate of drug-likeness (QED) is 0.847. The molecule has 0 bridgehead atoms. The van der Waals surface area contributed by atoms with Crippen LogP contribution in [0.5, 0.6) is 0 Å². The lowest BCUT2D eigenvalue weighted by Gasteiger charge is -2.16. The first-order valence-corrected chi connectivity index (χ1v) is 5.67. The molecule has 1 rings (SSSR count). The molecule has 0 unspecified atom stereocenters. The Morgan fingerprint density at radius 1 is 1.47 bits per heavy atom. The van der Waals surface area contributed by atoms with Crippen LogP contribution in [0, 0.1) is 12.7 Å². The van der Waals surface area contributed by atoms with Crippen molar-refractivity contribution in [3.63, 3.8) is 0 Å². The first-order valence-electron chi connectivity index (χ1n) is 4.69. The molecule has 0 aliphatic heterocycles. The lowest BCUT2D eigenvalue weighted by atomic mass is 10.3. The van der Waals surface area contributed by atoms with E-state index in [9.17, 15) is 9.18 Å². The van der Waals surface area contributed by atoms with Crippen LogP contribution >= 0.6 is 11.8 Å². The van der Waals surface area contributed by atoms with E-state index in [4.69, 9.17) is 0 Å². The minimum atomic E-state index is -0.792. The van der Waals surface area contributed by atoms with Crippen molar-refractivity contribution in [2.45, 2.75) is 38.2 Å². The number of nitrogens with one attached hydrogen (secondary N) is 1. The first kappa shape index (κ1) is 12.2. The molecular weight excluding hydrogens is 215 g/mol. The summed E-state index contributed by atoms with van der Waals surface area (Å²) in [7, 11) is 0. The summed E-state index contributed by atoms with van der Waals surface area (Å²) in [6.45, 7) is 7.72. The number of nitrogens with zero attached hydrogens (tertiary/aromatic N) is 1. The molecule has 84 valence electrons. The van der Waals surface area contributed by atoms with Gasteiger partial charge < -0.3 is 4.98 Å². The summed E-state index contributed by atoms with van der Waals surface area (Å²) in [5.41, 5.74) is -0.532. The molecule has 0 saturated carbocycles. The average molecular weight is 230 g/mol. The van der Waals surface area contributed by atoms with E-state index in [1.807, 2.05) is 0 Å². The molecule has 0 fully saturated rings. The molecule has 15 heavy (non-hydrogen) atoms. The van der Waals surface area contributed by atoms with E-state index in [0.717, 1.165) is 0 Å². The van der Waals surface area contributed by atoms with Crippen molar-refractivity contribution >= 4 is 11.8 Å². The Kier molecular flexibility index (Phi) is 3.54. The van der Waals surface area contributed by atoms with Crippen LogP contribution in [0.25, 0.3) is 0 Å². The topological polar surface area (TPSA) is 45.8 Å². The van der Waals surface area contributed by atoms with Gasteiger partial charge in [-0.2, -0.15) is 4.39 Å². The molecule has 0 aliphatic carbocycles. The number of rotatable bonds is 2. The van der Waals surface area contributed by atoms with Crippen molar-refractivity contribution in [3.05, 3.63) is 27.7 Å². The van der Waals surface area contributed by atoms with Gasteiger partial charge in [-0.05, 0) is 6.92 Å². The Morgan fingerprint density at radius 2 is 2.07 bits per heavy atom. The fourth-order valence-electron chi connectivity index (χ4n) is 0.983. The van der Waals surface area contributed by atoms with Crippen LogP contribution in [0.3, 0.4) is 0 Å². The van der Waals surface area contributed by atoms with Gasteiger partial charge in [-0.15, -0.1) is 11.8 Å². The molecule has 1 aromatic rings. The Labute approximate surface area is 92.5 Å². The van der Waals surface area contributed by atoms with Crippen LogP contribution in [0.4, 0.5) is 4.39 Å². The van der Waals surface area contributed by atoms with Gasteiger partial charge in [0.25, 0.3) is 5.56 Å². The molecule has 0 radical (unpaired) electrons. The molecule has 0 aliphatic rings. The van der Waals surface area contributed by atoms with Gasteiger partial charge >= 0.3 is 0 Å². The normalized spacial score (nSPS) is 11.8. The maximum Gasteiger partial charge on any atom is 0.287 e. The van der Waals surface area contributed by atoms with Crippen LogP contribution in [-0.2, 0) is 5.75 Å². The van der Waals surface area contributed by atoms with E-state index in [2.05, 4.69) is 30.7 Å². The minimum absolute atomic E-state index is 0.0981. The molecule has 1 heterocycles. The summed E-state index contributed by atoms with van der Waals surface area (Å²) in [4.78, 5) is 17.5. The zero-order chi connectivity index (χ0) is 11.6. The van der Waals surface area contributed by atoms with Crippen molar-refractivity contribution < 1.29 is 4.39 Å². The molecule has 0 aromatic carbocycles. The number of thioether (sulfide) groups is 1. The largest absolute Gasteiger partial charge is 0.307 e. The number of H-pyrrole nitrogens is 1. The SMILES string of the molecule is Cc1nc(CSC(C)(C)C)[nH]c(=O)c1F. The van der Waals surface area contributed by atoms with Crippen molar-refractivity contribution in [1.82, 2.24) is 9.97 Å². The third-order valence-corrected chi connectivity index (χ3v) is 3.00. The Hall–Kier alpha value is -0.840. The van der Waals surface area contributed by atoms with Crippen molar-refractivity contribution in [2.24, 2.45) is 0 Å². The van der Waals surface area contributed by atoms with Crippen molar-refractivity contribution in [3.8, 4) is 0 Å². The van der Waals surface area contributed by atoms with E-state index in [-0.39, 0.29) is 10.4 Å². The predicted octanol–water partition coefficient (Wildman–Crippen LogP) is 2.25. The van der Waals surface area contributed by atoms with Gasteiger partial charge in [0, 0.05) is 4.75 Å². The van der Waals surface area contributed by atoms with E-state index in [1.165, 1.54) is 6.92 Å². The number of hydrogen-bond acceptors (Lipinski definition) is 3. The molecule has 0 amide bonds. The van der Waals surface area contributed by atoms with Crippen LogP contribution in [0.2, 0.25) is 0 Å². The Bertz CT molecular complexity index is 409. The van der Waals surface area contributed by atoms with E-state index < -0.39 is 11.4 Å². The lowest BCUT2D eigenvalue weighted by molar-refractivity contribution is 0.584. The van der Waals surface area contributed by atoms with Gasteiger partial charge in [-0.3, -0.25) is 4.79 Å². The molecule has 1 N–H and O–H groups in total. The molecule has 5 heteroatoms. The van der Waals surface area contributed by atoms with E-state index >= 15 is 0 Å². The van der Waals surface area contributed by atoms with Gasteiger partial charge in [0.05, 0.1) is 11.4 Å². The zero-order valence-corrected chi connectivity index (χ0v) is 10.2. The average Bonchev–Trinajstić information content (AvgIpc) is 2.09. The summed E-state index contributed by atoms with van der Waals surface area (Å²) in [6.07, 6.45) is 0. The second-order valence-corrected chi connectivity index (χ2v) is 6.12. The van der Waals surface area contributed by atoms with Gasteiger partial charge in [-0.1, -0.05) is 20.8 Å². The zero-order valence-electron chi connectivity index (χ0n) is 9.35. The molecule has 0 spiro atoms. The van der Waals surface area contributed by atoms with Crippen LogP contribution in [0.1, 0.15) is 32.3 Å². The fraction of sp³-hybridized carbons (Fsp3) is 0.600. The van der Waals surface area contributed by atoms with Gasteiger partial charge in [0.2, 0.25) is 5.82 Å². The third-order valence-electron chi connectivity index (χ3n) is 1.72. The summed E-state index contributed by atoms with van der Waals surface area (Å²) in [6, 6.07) is 0. The van der Waals surface area contributed by atoms with Gasteiger partial charge in [0.15, 0.2) is 0 Å². The monoisotopic (exact) mass is 230 g/mol.